The Morgan fingerprint density at radius 1 is 1.18 bits per heavy atom. The molecule has 1 aliphatic rings. The van der Waals surface area contributed by atoms with Crippen LogP contribution in [0.2, 0.25) is 0 Å². The number of hydrogen-bond acceptors (Lipinski definition) is 8. The molecule has 34 heavy (non-hydrogen) atoms. The van der Waals surface area contributed by atoms with Gasteiger partial charge in [-0.2, -0.15) is 4.31 Å². The van der Waals surface area contributed by atoms with Gasteiger partial charge in [-0.1, -0.05) is 13.8 Å². The van der Waals surface area contributed by atoms with Crippen molar-refractivity contribution in [3.8, 4) is 5.75 Å². The van der Waals surface area contributed by atoms with Crippen LogP contribution in [0, 0.1) is 5.92 Å². The standard InChI is InChI=1S/C22H33N3O8S/c1-15(2)21(22(28)23-29)25(34(30,31)19-7-5-17(32-4)6-8-19)14-11-20(27)24-12-9-18(10-13-24)33-16(3)26/h5-8,15,18,21,29H,9-14H2,1-4H3,(H,23,28). The summed E-state index contributed by atoms with van der Waals surface area (Å²) in [5.74, 6) is -1.56. The van der Waals surface area contributed by atoms with Gasteiger partial charge in [-0.05, 0) is 30.2 Å². The summed E-state index contributed by atoms with van der Waals surface area (Å²) in [6.07, 6.45) is 0.601. The maximum atomic E-state index is 13.5. The number of hydrogen-bond donors (Lipinski definition) is 2. The topological polar surface area (TPSA) is 143 Å². The molecule has 1 heterocycles. The van der Waals surface area contributed by atoms with E-state index in [1.54, 1.807) is 18.7 Å². The SMILES string of the molecule is COc1ccc(S(=O)(=O)N(CCC(=O)N2CCC(OC(C)=O)CC2)C(C(=O)NO)C(C)C)cc1. The summed E-state index contributed by atoms with van der Waals surface area (Å²) < 4.78 is 38.2. The van der Waals surface area contributed by atoms with Crippen molar-refractivity contribution in [2.75, 3.05) is 26.7 Å². The fourth-order valence-corrected chi connectivity index (χ4v) is 5.67. The second-order valence-electron chi connectivity index (χ2n) is 8.40. The van der Waals surface area contributed by atoms with Crippen LogP contribution in [0.5, 0.6) is 5.75 Å². The van der Waals surface area contributed by atoms with Crippen LogP contribution in [0.15, 0.2) is 29.2 Å². The molecule has 12 heteroatoms. The zero-order valence-corrected chi connectivity index (χ0v) is 20.7. The molecule has 1 atom stereocenters. The van der Waals surface area contributed by atoms with Gasteiger partial charge in [0.15, 0.2) is 0 Å². The fourth-order valence-electron chi connectivity index (χ4n) is 3.95. The molecule has 2 amide bonds. The van der Waals surface area contributed by atoms with Crippen molar-refractivity contribution in [1.82, 2.24) is 14.7 Å². The Balaban J connectivity index is 2.22. The van der Waals surface area contributed by atoms with E-state index in [-0.39, 0.29) is 35.8 Å². The molecule has 0 spiro atoms. The lowest BCUT2D eigenvalue weighted by atomic mass is 10.0. The van der Waals surface area contributed by atoms with Crippen LogP contribution >= 0.6 is 0 Å². The van der Waals surface area contributed by atoms with Gasteiger partial charge in [0.1, 0.15) is 17.9 Å². The Kier molecular flexibility index (Phi) is 9.83. The Labute approximate surface area is 200 Å². The first kappa shape index (κ1) is 27.5. The number of ether oxygens (including phenoxy) is 2. The number of methoxy groups -OCH3 is 1. The molecular weight excluding hydrogens is 466 g/mol. The Hall–Kier alpha value is -2.70. The van der Waals surface area contributed by atoms with Crippen molar-refractivity contribution in [2.45, 2.75) is 57.1 Å². The minimum Gasteiger partial charge on any atom is -0.497 e. The van der Waals surface area contributed by atoms with Crippen LogP contribution in [0.1, 0.15) is 40.0 Å². The molecule has 1 aliphatic heterocycles. The number of esters is 1. The molecular formula is C22H33N3O8S. The van der Waals surface area contributed by atoms with Crippen molar-refractivity contribution < 1.29 is 37.5 Å². The molecule has 0 aromatic heterocycles. The summed E-state index contributed by atoms with van der Waals surface area (Å²) in [5.41, 5.74) is 1.54. The minimum absolute atomic E-state index is 0.0701. The van der Waals surface area contributed by atoms with Gasteiger partial charge in [-0.15, -0.1) is 0 Å². The van der Waals surface area contributed by atoms with Gasteiger partial charge in [0.2, 0.25) is 15.9 Å². The highest BCUT2D eigenvalue weighted by molar-refractivity contribution is 7.89. The van der Waals surface area contributed by atoms with E-state index in [9.17, 15) is 28.0 Å². The summed E-state index contributed by atoms with van der Waals surface area (Å²) in [7, 11) is -2.74. The number of benzene rings is 1. The van der Waals surface area contributed by atoms with Gasteiger partial charge >= 0.3 is 5.97 Å². The number of carbonyl (C=O) groups is 3. The van der Waals surface area contributed by atoms with E-state index in [0.29, 0.717) is 31.7 Å². The van der Waals surface area contributed by atoms with Gasteiger partial charge < -0.3 is 14.4 Å². The summed E-state index contributed by atoms with van der Waals surface area (Å²) in [6.45, 7) is 5.14. The summed E-state index contributed by atoms with van der Waals surface area (Å²) in [4.78, 5) is 37.9. The Bertz CT molecular complexity index is 957. The van der Waals surface area contributed by atoms with Crippen molar-refractivity contribution in [1.29, 1.82) is 0 Å². The maximum absolute atomic E-state index is 13.5. The predicted octanol–water partition coefficient (Wildman–Crippen LogP) is 1.16. The second kappa shape index (κ2) is 12.1. The van der Waals surface area contributed by atoms with Crippen LogP contribution < -0.4 is 10.2 Å². The molecule has 0 saturated carbocycles. The minimum atomic E-state index is -4.20. The average molecular weight is 500 g/mol. The molecule has 1 aromatic carbocycles. The number of rotatable bonds is 10. The van der Waals surface area contributed by atoms with Gasteiger partial charge in [-0.3, -0.25) is 19.6 Å². The molecule has 1 aromatic rings. The first-order valence-electron chi connectivity index (χ1n) is 11.1. The number of nitrogens with zero attached hydrogens (tertiary/aromatic N) is 2. The van der Waals surface area contributed by atoms with Crippen LogP contribution in [0.3, 0.4) is 0 Å². The van der Waals surface area contributed by atoms with Crippen molar-refractivity contribution in [2.24, 2.45) is 5.92 Å². The number of amides is 2. The lowest BCUT2D eigenvalue weighted by Gasteiger charge is -2.34. The Morgan fingerprint density at radius 3 is 2.24 bits per heavy atom. The van der Waals surface area contributed by atoms with Crippen molar-refractivity contribution in [3.05, 3.63) is 24.3 Å². The molecule has 11 nitrogen and oxygen atoms in total. The normalized spacial score (nSPS) is 15.8. The van der Waals surface area contributed by atoms with Crippen molar-refractivity contribution >= 4 is 27.8 Å². The Morgan fingerprint density at radius 2 is 1.76 bits per heavy atom. The molecule has 1 unspecified atom stereocenters. The first-order chi connectivity index (χ1) is 16.0. The third-order valence-electron chi connectivity index (χ3n) is 5.66. The van der Waals surface area contributed by atoms with E-state index in [2.05, 4.69) is 0 Å². The fraction of sp³-hybridized carbons (Fsp3) is 0.591. The van der Waals surface area contributed by atoms with Crippen LogP contribution in [0.4, 0.5) is 0 Å². The van der Waals surface area contributed by atoms with Crippen LogP contribution in [0.25, 0.3) is 0 Å². The quantitative estimate of drug-likeness (QED) is 0.277. The highest BCUT2D eigenvalue weighted by Gasteiger charge is 2.38. The molecule has 1 fully saturated rings. The number of sulfonamides is 1. The van der Waals surface area contributed by atoms with Gasteiger partial charge in [-0.25, -0.2) is 13.9 Å². The van der Waals surface area contributed by atoms with E-state index in [1.807, 2.05) is 0 Å². The third-order valence-corrected chi connectivity index (χ3v) is 7.56. The second-order valence-corrected chi connectivity index (χ2v) is 10.3. The zero-order chi connectivity index (χ0) is 25.5. The van der Waals surface area contributed by atoms with E-state index < -0.39 is 27.9 Å². The predicted molar refractivity (Wildman–Crippen MR) is 121 cm³/mol. The largest absolute Gasteiger partial charge is 0.497 e. The molecule has 190 valence electrons. The van der Waals surface area contributed by atoms with E-state index >= 15 is 0 Å². The van der Waals surface area contributed by atoms with E-state index in [0.717, 1.165) is 4.31 Å². The lowest BCUT2D eigenvalue weighted by molar-refractivity contribution is -0.149. The molecule has 2 rings (SSSR count). The highest BCUT2D eigenvalue weighted by Crippen LogP contribution is 2.25. The zero-order valence-electron chi connectivity index (χ0n) is 19.9. The third kappa shape index (κ3) is 6.90. The number of hydroxylamine groups is 1. The number of nitrogens with one attached hydrogen (secondary N) is 1. The van der Waals surface area contributed by atoms with Crippen LogP contribution in [-0.2, 0) is 29.1 Å². The number of piperidine rings is 1. The average Bonchev–Trinajstić information content (AvgIpc) is 2.80. The summed E-state index contributed by atoms with van der Waals surface area (Å²) >= 11 is 0. The van der Waals surface area contributed by atoms with Gasteiger partial charge in [0, 0.05) is 45.8 Å². The molecule has 0 radical (unpaired) electrons. The summed E-state index contributed by atoms with van der Waals surface area (Å²) in [5, 5.41) is 9.23. The van der Waals surface area contributed by atoms with E-state index in [4.69, 9.17) is 9.47 Å². The maximum Gasteiger partial charge on any atom is 0.302 e. The van der Waals surface area contributed by atoms with E-state index in [1.165, 1.54) is 43.8 Å². The summed E-state index contributed by atoms with van der Waals surface area (Å²) in [6, 6.07) is 4.45. The van der Waals surface area contributed by atoms with Gasteiger partial charge in [0.05, 0.1) is 12.0 Å². The monoisotopic (exact) mass is 499 g/mol. The number of carbonyl (C=O) groups excluding carboxylic acids is 3. The van der Waals surface area contributed by atoms with Crippen molar-refractivity contribution in [3.63, 3.8) is 0 Å². The molecule has 1 saturated heterocycles. The molecule has 0 bridgehead atoms. The first-order valence-corrected chi connectivity index (χ1v) is 12.5. The highest BCUT2D eigenvalue weighted by atomic mass is 32.2. The smallest absolute Gasteiger partial charge is 0.302 e. The lowest BCUT2D eigenvalue weighted by Crippen LogP contribution is -2.52. The number of likely N-dealkylation sites (tertiary alicyclic amines) is 1. The van der Waals surface area contributed by atoms with Gasteiger partial charge in [0.25, 0.3) is 5.91 Å². The molecule has 2 N–H and O–H groups in total. The van der Waals surface area contributed by atoms with Crippen LogP contribution in [-0.4, -0.2) is 79.5 Å². The molecule has 0 aliphatic carbocycles.